The number of halogens is 1. The van der Waals surface area contributed by atoms with E-state index in [1.807, 2.05) is 38.4 Å². The summed E-state index contributed by atoms with van der Waals surface area (Å²) < 4.78 is 1.74. The van der Waals surface area contributed by atoms with Crippen LogP contribution in [0.3, 0.4) is 0 Å². The fourth-order valence-corrected chi connectivity index (χ4v) is 1.67. The van der Waals surface area contributed by atoms with E-state index in [1.54, 1.807) is 4.68 Å². The molecule has 5 heteroatoms. The van der Waals surface area contributed by atoms with Gasteiger partial charge in [0.05, 0.1) is 17.6 Å². The Bertz CT molecular complexity index is 492. The summed E-state index contributed by atoms with van der Waals surface area (Å²) >= 11 is 5.96. The van der Waals surface area contributed by atoms with E-state index < -0.39 is 0 Å². The van der Waals surface area contributed by atoms with Gasteiger partial charge in [-0.25, -0.2) is 4.68 Å². The Morgan fingerprint density at radius 1 is 1.44 bits per heavy atom. The molecule has 1 aromatic heterocycles. The molecule has 2 rings (SSSR count). The van der Waals surface area contributed by atoms with E-state index in [0.717, 1.165) is 16.9 Å². The van der Waals surface area contributed by atoms with Crippen LogP contribution in [0.2, 0.25) is 5.02 Å². The van der Waals surface area contributed by atoms with E-state index in [1.165, 1.54) is 0 Å². The van der Waals surface area contributed by atoms with Crippen LogP contribution in [0.1, 0.15) is 11.3 Å². The van der Waals surface area contributed by atoms with Gasteiger partial charge in [0.15, 0.2) is 0 Å². The van der Waals surface area contributed by atoms with Gasteiger partial charge in [-0.15, -0.1) is 5.10 Å². The van der Waals surface area contributed by atoms with Crippen molar-refractivity contribution in [2.24, 2.45) is 0 Å². The summed E-state index contributed by atoms with van der Waals surface area (Å²) in [5, 5.41) is 11.9. The highest BCUT2D eigenvalue weighted by Crippen LogP contribution is 2.18. The molecule has 0 saturated carbocycles. The lowest BCUT2D eigenvalue weighted by Crippen LogP contribution is -2.05. The fraction of sp³-hybridized carbons (Fsp3) is 0.273. The average Bonchev–Trinajstić information content (AvgIpc) is 2.71. The number of aromatic nitrogens is 3. The second-order valence-electron chi connectivity index (χ2n) is 3.62. The van der Waals surface area contributed by atoms with E-state index in [0.29, 0.717) is 11.6 Å². The van der Waals surface area contributed by atoms with Crippen LogP contribution in [0, 0.1) is 6.92 Å². The van der Waals surface area contributed by atoms with Gasteiger partial charge >= 0.3 is 0 Å². The summed E-state index contributed by atoms with van der Waals surface area (Å²) in [6.45, 7) is 2.73. The van der Waals surface area contributed by atoms with Gasteiger partial charge in [-0.3, -0.25) is 0 Å². The van der Waals surface area contributed by atoms with Crippen LogP contribution >= 0.6 is 11.6 Å². The van der Waals surface area contributed by atoms with Crippen molar-refractivity contribution in [1.82, 2.24) is 20.3 Å². The van der Waals surface area contributed by atoms with E-state index in [9.17, 15) is 0 Å². The summed E-state index contributed by atoms with van der Waals surface area (Å²) in [7, 11) is 1.88. The topological polar surface area (TPSA) is 42.7 Å². The molecule has 0 fully saturated rings. The molecule has 0 spiro atoms. The molecule has 0 aliphatic rings. The zero-order valence-corrected chi connectivity index (χ0v) is 9.99. The molecular weight excluding hydrogens is 224 g/mol. The number of hydrogen-bond acceptors (Lipinski definition) is 3. The summed E-state index contributed by atoms with van der Waals surface area (Å²) in [5.41, 5.74) is 2.98. The second-order valence-corrected chi connectivity index (χ2v) is 4.05. The zero-order chi connectivity index (χ0) is 11.5. The van der Waals surface area contributed by atoms with Gasteiger partial charge in [0.25, 0.3) is 0 Å². The molecule has 0 amide bonds. The summed E-state index contributed by atoms with van der Waals surface area (Å²) in [6, 6.07) is 5.72. The molecule has 84 valence electrons. The number of nitrogens with one attached hydrogen (secondary N) is 1. The van der Waals surface area contributed by atoms with Gasteiger partial charge in [0.2, 0.25) is 0 Å². The quantitative estimate of drug-likeness (QED) is 0.886. The Morgan fingerprint density at radius 2 is 2.25 bits per heavy atom. The highest BCUT2D eigenvalue weighted by atomic mass is 35.5. The lowest BCUT2D eigenvalue weighted by molar-refractivity contribution is 0.765. The predicted octanol–water partition coefficient (Wildman–Crippen LogP) is 1.95. The van der Waals surface area contributed by atoms with Crippen LogP contribution < -0.4 is 5.32 Å². The molecule has 0 aliphatic carbocycles. The van der Waals surface area contributed by atoms with Crippen LogP contribution in [0.25, 0.3) is 5.69 Å². The largest absolute Gasteiger partial charge is 0.314 e. The Hall–Kier alpha value is -1.39. The van der Waals surface area contributed by atoms with Crippen LogP contribution in [-0.4, -0.2) is 22.0 Å². The van der Waals surface area contributed by atoms with Gasteiger partial charge in [-0.2, -0.15) is 0 Å². The van der Waals surface area contributed by atoms with Crippen molar-refractivity contribution in [2.45, 2.75) is 13.5 Å². The summed E-state index contributed by atoms with van der Waals surface area (Å²) in [6.07, 6.45) is 1.90. The normalized spacial score (nSPS) is 10.7. The highest BCUT2D eigenvalue weighted by Gasteiger charge is 2.05. The Balaban J connectivity index is 2.38. The molecule has 1 aromatic carbocycles. The maximum Gasteiger partial charge on any atom is 0.0969 e. The van der Waals surface area contributed by atoms with Gasteiger partial charge in [-0.1, -0.05) is 22.9 Å². The fourth-order valence-electron chi connectivity index (χ4n) is 1.51. The SMILES string of the molecule is CNCc1cn(-c2cc(Cl)ccc2C)nn1. The number of hydrogen-bond donors (Lipinski definition) is 1. The first-order valence-corrected chi connectivity index (χ1v) is 5.41. The summed E-state index contributed by atoms with van der Waals surface area (Å²) in [5.74, 6) is 0. The third kappa shape index (κ3) is 2.23. The lowest BCUT2D eigenvalue weighted by atomic mass is 10.2. The number of rotatable bonds is 3. The van der Waals surface area contributed by atoms with E-state index >= 15 is 0 Å². The first-order valence-electron chi connectivity index (χ1n) is 5.03. The minimum atomic E-state index is 0.700. The van der Waals surface area contributed by atoms with Crippen molar-refractivity contribution in [3.05, 3.63) is 40.7 Å². The van der Waals surface area contributed by atoms with Crippen LogP contribution in [-0.2, 0) is 6.54 Å². The number of aryl methyl sites for hydroxylation is 1. The van der Waals surface area contributed by atoms with Crippen molar-refractivity contribution in [3.63, 3.8) is 0 Å². The summed E-state index contributed by atoms with van der Waals surface area (Å²) in [4.78, 5) is 0. The molecule has 0 aliphatic heterocycles. The molecule has 4 nitrogen and oxygen atoms in total. The standard InChI is InChI=1S/C11H13ClN4/c1-8-3-4-9(12)5-11(8)16-7-10(6-13-2)14-15-16/h3-5,7,13H,6H2,1-2H3. The maximum absolute atomic E-state index is 5.96. The molecule has 0 atom stereocenters. The van der Waals surface area contributed by atoms with Crippen molar-refractivity contribution in [1.29, 1.82) is 0 Å². The molecule has 2 aromatic rings. The van der Waals surface area contributed by atoms with Gasteiger partial charge in [0, 0.05) is 11.6 Å². The van der Waals surface area contributed by atoms with Crippen molar-refractivity contribution < 1.29 is 0 Å². The van der Waals surface area contributed by atoms with Crippen molar-refractivity contribution in [2.75, 3.05) is 7.05 Å². The molecule has 0 unspecified atom stereocenters. The third-order valence-electron chi connectivity index (χ3n) is 2.32. The highest BCUT2D eigenvalue weighted by molar-refractivity contribution is 6.30. The molecule has 1 heterocycles. The van der Waals surface area contributed by atoms with Crippen LogP contribution in [0.4, 0.5) is 0 Å². The molecule has 16 heavy (non-hydrogen) atoms. The molecule has 0 radical (unpaired) electrons. The number of nitrogens with zero attached hydrogens (tertiary/aromatic N) is 3. The minimum absolute atomic E-state index is 0.700. The minimum Gasteiger partial charge on any atom is -0.314 e. The second kappa shape index (κ2) is 4.63. The Kier molecular flexibility index (Phi) is 3.22. The first kappa shape index (κ1) is 11.1. The molecular formula is C11H13ClN4. The van der Waals surface area contributed by atoms with E-state index in [2.05, 4.69) is 15.6 Å². The average molecular weight is 237 g/mol. The first-order chi connectivity index (χ1) is 7.70. The van der Waals surface area contributed by atoms with Gasteiger partial charge in [-0.05, 0) is 31.7 Å². The maximum atomic E-state index is 5.96. The van der Waals surface area contributed by atoms with Crippen LogP contribution in [0.15, 0.2) is 24.4 Å². The predicted molar refractivity (Wildman–Crippen MR) is 63.9 cm³/mol. The zero-order valence-electron chi connectivity index (χ0n) is 9.24. The molecule has 0 bridgehead atoms. The van der Waals surface area contributed by atoms with Gasteiger partial charge in [0.1, 0.15) is 0 Å². The van der Waals surface area contributed by atoms with E-state index in [4.69, 9.17) is 11.6 Å². The van der Waals surface area contributed by atoms with Gasteiger partial charge < -0.3 is 5.32 Å². The monoisotopic (exact) mass is 236 g/mol. The van der Waals surface area contributed by atoms with Crippen molar-refractivity contribution >= 4 is 11.6 Å². The van der Waals surface area contributed by atoms with Crippen LogP contribution in [0.5, 0.6) is 0 Å². The number of benzene rings is 1. The van der Waals surface area contributed by atoms with E-state index in [-0.39, 0.29) is 0 Å². The Labute approximate surface area is 99.2 Å². The smallest absolute Gasteiger partial charge is 0.0969 e. The van der Waals surface area contributed by atoms with Crippen molar-refractivity contribution in [3.8, 4) is 5.69 Å². The lowest BCUT2D eigenvalue weighted by Gasteiger charge is -2.04. The molecule has 0 saturated heterocycles. The third-order valence-corrected chi connectivity index (χ3v) is 2.55. The molecule has 1 N–H and O–H groups in total. The Morgan fingerprint density at radius 3 is 3.00 bits per heavy atom.